The molecule has 164 valence electrons. The summed E-state index contributed by atoms with van der Waals surface area (Å²) in [6, 6.07) is 10.8. The summed E-state index contributed by atoms with van der Waals surface area (Å²) in [5.41, 5.74) is 1.57. The zero-order chi connectivity index (χ0) is 21.8. The summed E-state index contributed by atoms with van der Waals surface area (Å²) in [6.45, 7) is 3.99. The first-order valence-electron chi connectivity index (χ1n) is 10.9. The SMILES string of the molecule is O=C(Nc1ccc(N2CCC(N3CCCCC3)CC2)c(C(=O)O)c1)c1ccc(F)cc1. The number of aromatic carboxylic acids is 1. The predicted octanol–water partition coefficient (Wildman–Crippen LogP) is 4.23. The van der Waals surface area contributed by atoms with E-state index in [9.17, 15) is 19.1 Å². The van der Waals surface area contributed by atoms with Gasteiger partial charge in [0.15, 0.2) is 0 Å². The van der Waals surface area contributed by atoms with Gasteiger partial charge in [-0.1, -0.05) is 6.42 Å². The van der Waals surface area contributed by atoms with E-state index >= 15 is 0 Å². The van der Waals surface area contributed by atoms with Crippen LogP contribution in [0, 0.1) is 5.82 Å². The number of hydrogen-bond donors (Lipinski definition) is 2. The lowest BCUT2D eigenvalue weighted by Gasteiger charge is -2.41. The first kappa shape index (κ1) is 21.3. The van der Waals surface area contributed by atoms with E-state index in [0.29, 0.717) is 23.0 Å². The van der Waals surface area contributed by atoms with Crippen molar-refractivity contribution >= 4 is 23.3 Å². The third-order valence-corrected chi connectivity index (χ3v) is 6.30. The number of nitrogens with zero attached hydrogens (tertiary/aromatic N) is 2. The average molecular weight is 426 g/mol. The number of carboxylic acid groups (broad SMARTS) is 1. The van der Waals surface area contributed by atoms with E-state index in [4.69, 9.17) is 0 Å². The standard InChI is InChI=1S/C24H28FN3O3/c25-18-6-4-17(5-7-18)23(29)26-19-8-9-22(21(16-19)24(30)31)28-14-10-20(11-15-28)27-12-2-1-3-13-27/h4-9,16,20H,1-3,10-15H2,(H,26,29)(H,30,31). The second kappa shape index (κ2) is 9.47. The lowest BCUT2D eigenvalue weighted by atomic mass is 9.98. The number of carbonyl (C=O) groups is 2. The van der Waals surface area contributed by atoms with E-state index in [1.807, 2.05) is 0 Å². The van der Waals surface area contributed by atoms with Crippen LogP contribution in [0.4, 0.5) is 15.8 Å². The molecule has 2 fully saturated rings. The summed E-state index contributed by atoms with van der Waals surface area (Å²) >= 11 is 0. The molecule has 2 aliphatic heterocycles. The van der Waals surface area contributed by atoms with Gasteiger partial charge in [0.25, 0.3) is 5.91 Å². The minimum Gasteiger partial charge on any atom is -0.478 e. The Labute approximate surface area is 181 Å². The number of carbonyl (C=O) groups excluding carboxylic acids is 1. The Balaban J connectivity index is 1.44. The highest BCUT2D eigenvalue weighted by Crippen LogP contribution is 2.29. The number of benzene rings is 2. The highest BCUT2D eigenvalue weighted by atomic mass is 19.1. The Morgan fingerprint density at radius 3 is 2.26 bits per heavy atom. The first-order valence-corrected chi connectivity index (χ1v) is 10.9. The first-order chi connectivity index (χ1) is 15.0. The Bertz CT molecular complexity index is 934. The van der Waals surface area contributed by atoms with Gasteiger partial charge in [-0.2, -0.15) is 0 Å². The summed E-state index contributed by atoms with van der Waals surface area (Å²) in [7, 11) is 0. The van der Waals surface area contributed by atoms with Gasteiger partial charge >= 0.3 is 5.97 Å². The number of likely N-dealkylation sites (tertiary alicyclic amines) is 1. The average Bonchev–Trinajstić information content (AvgIpc) is 2.80. The van der Waals surface area contributed by atoms with Crippen LogP contribution >= 0.6 is 0 Å². The summed E-state index contributed by atoms with van der Waals surface area (Å²) in [4.78, 5) is 29.0. The quantitative estimate of drug-likeness (QED) is 0.750. The van der Waals surface area contributed by atoms with Gasteiger partial charge in [0.05, 0.1) is 11.3 Å². The molecule has 0 aromatic heterocycles. The highest BCUT2D eigenvalue weighted by molar-refractivity contribution is 6.05. The van der Waals surface area contributed by atoms with Gasteiger partial charge in [-0.25, -0.2) is 9.18 Å². The third kappa shape index (κ3) is 5.05. The van der Waals surface area contributed by atoms with Crippen LogP contribution in [-0.4, -0.2) is 54.1 Å². The highest BCUT2D eigenvalue weighted by Gasteiger charge is 2.27. The fourth-order valence-electron chi connectivity index (χ4n) is 4.62. The van der Waals surface area contributed by atoms with Crippen LogP contribution in [0.1, 0.15) is 52.8 Å². The van der Waals surface area contributed by atoms with Crippen molar-refractivity contribution in [3.05, 3.63) is 59.4 Å². The van der Waals surface area contributed by atoms with Crippen molar-refractivity contribution in [2.75, 3.05) is 36.4 Å². The number of anilines is 2. The maximum absolute atomic E-state index is 13.1. The summed E-state index contributed by atoms with van der Waals surface area (Å²) < 4.78 is 13.1. The maximum atomic E-state index is 13.1. The Hall–Kier alpha value is -2.93. The number of hydrogen-bond acceptors (Lipinski definition) is 4. The van der Waals surface area contributed by atoms with Crippen LogP contribution in [0.5, 0.6) is 0 Å². The zero-order valence-electron chi connectivity index (χ0n) is 17.5. The number of carboxylic acids is 1. The van der Waals surface area contributed by atoms with Crippen LogP contribution in [0.3, 0.4) is 0 Å². The summed E-state index contributed by atoms with van der Waals surface area (Å²) in [5, 5.41) is 12.5. The van der Waals surface area contributed by atoms with Crippen LogP contribution in [0.15, 0.2) is 42.5 Å². The molecule has 7 heteroatoms. The van der Waals surface area contributed by atoms with Crippen LogP contribution in [0.25, 0.3) is 0 Å². The normalized spacial score (nSPS) is 18.0. The topological polar surface area (TPSA) is 72.9 Å². The molecule has 0 radical (unpaired) electrons. The number of amides is 1. The molecule has 4 rings (SSSR count). The molecule has 0 spiro atoms. The van der Waals surface area contributed by atoms with Gasteiger partial charge in [0.1, 0.15) is 5.82 Å². The summed E-state index contributed by atoms with van der Waals surface area (Å²) in [5.74, 6) is -1.85. The van der Waals surface area contributed by atoms with E-state index in [1.54, 1.807) is 12.1 Å². The van der Waals surface area contributed by atoms with Gasteiger partial charge in [-0.05, 0) is 81.2 Å². The lowest BCUT2D eigenvalue weighted by Crippen LogP contribution is -2.47. The van der Waals surface area contributed by atoms with E-state index in [1.165, 1.54) is 62.7 Å². The molecule has 2 aromatic rings. The number of nitrogens with one attached hydrogen (secondary N) is 1. The van der Waals surface area contributed by atoms with Crippen molar-refractivity contribution in [1.29, 1.82) is 0 Å². The maximum Gasteiger partial charge on any atom is 0.337 e. The minimum absolute atomic E-state index is 0.174. The fourth-order valence-corrected chi connectivity index (χ4v) is 4.62. The molecule has 2 N–H and O–H groups in total. The molecule has 0 saturated carbocycles. The predicted molar refractivity (Wildman–Crippen MR) is 118 cm³/mol. The van der Waals surface area contributed by atoms with Crippen LogP contribution < -0.4 is 10.2 Å². The molecule has 2 aliphatic rings. The van der Waals surface area contributed by atoms with E-state index < -0.39 is 17.7 Å². The second-order valence-corrected chi connectivity index (χ2v) is 8.31. The van der Waals surface area contributed by atoms with E-state index in [0.717, 1.165) is 25.9 Å². The minimum atomic E-state index is -1.02. The van der Waals surface area contributed by atoms with Gasteiger partial charge in [-0.15, -0.1) is 0 Å². The van der Waals surface area contributed by atoms with Crippen molar-refractivity contribution in [1.82, 2.24) is 4.90 Å². The van der Waals surface area contributed by atoms with Crippen molar-refractivity contribution in [2.24, 2.45) is 0 Å². The monoisotopic (exact) mass is 425 g/mol. The van der Waals surface area contributed by atoms with Crippen molar-refractivity contribution in [2.45, 2.75) is 38.1 Å². The van der Waals surface area contributed by atoms with Crippen molar-refractivity contribution < 1.29 is 19.1 Å². The molecule has 0 unspecified atom stereocenters. The van der Waals surface area contributed by atoms with Crippen LogP contribution in [-0.2, 0) is 0 Å². The van der Waals surface area contributed by atoms with Gasteiger partial charge < -0.3 is 20.2 Å². The second-order valence-electron chi connectivity index (χ2n) is 8.31. The van der Waals surface area contributed by atoms with Gasteiger partial charge in [-0.3, -0.25) is 4.79 Å². The Kier molecular flexibility index (Phi) is 6.51. The summed E-state index contributed by atoms with van der Waals surface area (Å²) in [6.07, 6.45) is 5.93. The lowest BCUT2D eigenvalue weighted by molar-refractivity contribution is 0.0697. The fraction of sp³-hybridized carbons (Fsp3) is 0.417. The number of piperidine rings is 2. The Morgan fingerprint density at radius 2 is 1.61 bits per heavy atom. The molecule has 0 aliphatic carbocycles. The smallest absolute Gasteiger partial charge is 0.337 e. The molecular formula is C24H28FN3O3. The molecule has 2 heterocycles. The van der Waals surface area contributed by atoms with Gasteiger partial charge in [0.2, 0.25) is 0 Å². The zero-order valence-corrected chi connectivity index (χ0v) is 17.5. The van der Waals surface area contributed by atoms with Crippen molar-refractivity contribution in [3.8, 4) is 0 Å². The molecule has 31 heavy (non-hydrogen) atoms. The number of rotatable bonds is 5. The molecule has 2 aromatic carbocycles. The molecule has 0 bridgehead atoms. The molecule has 1 amide bonds. The Morgan fingerprint density at radius 1 is 0.935 bits per heavy atom. The van der Waals surface area contributed by atoms with E-state index in [2.05, 4.69) is 15.1 Å². The molecule has 6 nitrogen and oxygen atoms in total. The molecular weight excluding hydrogens is 397 g/mol. The van der Waals surface area contributed by atoms with E-state index in [-0.39, 0.29) is 5.56 Å². The number of halogens is 1. The molecule has 0 atom stereocenters. The van der Waals surface area contributed by atoms with Crippen molar-refractivity contribution in [3.63, 3.8) is 0 Å². The third-order valence-electron chi connectivity index (χ3n) is 6.30. The van der Waals surface area contributed by atoms with Crippen LogP contribution in [0.2, 0.25) is 0 Å². The largest absolute Gasteiger partial charge is 0.478 e. The van der Waals surface area contributed by atoms with Gasteiger partial charge in [0, 0.05) is 30.4 Å². The molecule has 2 saturated heterocycles.